The second-order valence-corrected chi connectivity index (χ2v) is 9.98. The summed E-state index contributed by atoms with van der Waals surface area (Å²) in [7, 11) is 1.73. The Bertz CT molecular complexity index is 1160. The van der Waals surface area contributed by atoms with Crippen LogP contribution < -0.4 is 15.0 Å². The molecule has 186 valence electrons. The number of methoxy groups -OCH3 is 1. The number of hydrogen-bond donors (Lipinski definition) is 2. The fourth-order valence-electron chi connectivity index (χ4n) is 5.56. The number of aromatic amines is 1. The van der Waals surface area contributed by atoms with Crippen LogP contribution in [0, 0.1) is 0 Å². The molecular weight excluding hydrogens is 438 g/mol. The topological polar surface area (TPSA) is 63.8 Å². The SMILES string of the molecule is COc1ccc(NC(=O)N2CCN(c3cccc4[nH]ccc34)CC2)cc1C1CCN(C(C)C)CC1. The lowest BCUT2D eigenvalue weighted by Gasteiger charge is -2.36. The highest BCUT2D eigenvalue weighted by Gasteiger charge is 2.26. The number of benzene rings is 2. The van der Waals surface area contributed by atoms with E-state index in [4.69, 9.17) is 4.74 Å². The lowest BCUT2D eigenvalue weighted by molar-refractivity contribution is 0.171. The molecule has 0 aliphatic carbocycles. The lowest BCUT2D eigenvalue weighted by atomic mass is 9.88. The van der Waals surface area contributed by atoms with Gasteiger partial charge in [-0.05, 0) is 87.7 Å². The molecule has 2 N–H and O–H groups in total. The lowest BCUT2D eigenvalue weighted by Crippen LogP contribution is -2.50. The molecule has 2 aliphatic heterocycles. The zero-order valence-electron chi connectivity index (χ0n) is 21.1. The van der Waals surface area contributed by atoms with Gasteiger partial charge in [0.2, 0.25) is 0 Å². The van der Waals surface area contributed by atoms with Crippen molar-refractivity contribution in [3.63, 3.8) is 0 Å². The predicted octanol–water partition coefficient (Wildman–Crippen LogP) is 5.12. The number of urea groups is 1. The van der Waals surface area contributed by atoms with E-state index in [-0.39, 0.29) is 6.03 Å². The van der Waals surface area contributed by atoms with Crippen LogP contribution in [0.5, 0.6) is 5.75 Å². The van der Waals surface area contributed by atoms with Gasteiger partial charge in [-0.15, -0.1) is 0 Å². The Hall–Kier alpha value is -3.19. The summed E-state index contributed by atoms with van der Waals surface area (Å²) in [5, 5.41) is 4.38. The van der Waals surface area contributed by atoms with Gasteiger partial charge >= 0.3 is 6.03 Å². The minimum atomic E-state index is -0.0322. The van der Waals surface area contributed by atoms with Crippen LogP contribution >= 0.6 is 0 Å². The Kier molecular flexibility index (Phi) is 6.86. The van der Waals surface area contributed by atoms with E-state index in [0.29, 0.717) is 25.0 Å². The van der Waals surface area contributed by atoms with Gasteiger partial charge in [-0.1, -0.05) is 6.07 Å². The molecule has 7 heteroatoms. The van der Waals surface area contributed by atoms with Gasteiger partial charge in [0, 0.05) is 60.7 Å². The van der Waals surface area contributed by atoms with E-state index in [2.05, 4.69) is 64.3 Å². The minimum Gasteiger partial charge on any atom is -0.496 e. The molecular formula is C28H37N5O2. The van der Waals surface area contributed by atoms with E-state index in [9.17, 15) is 4.79 Å². The number of carbonyl (C=O) groups is 1. The molecule has 7 nitrogen and oxygen atoms in total. The van der Waals surface area contributed by atoms with Crippen molar-refractivity contribution in [2.45, 2.75) is 38.6 Å². The number of nitrogens with zero attached hydrogens (tertiary/aromatic N) is 3. The van der Waals surface area contributed by atoms with Crippen molar-refractivity contribution in [3.05, 3.63) is 54.2 Å². The molecule has 0 radical (unpaired) electrons. The Morgan fingerprint density at radius 1 is 1.03 bits per heavy atom. The molecule has 1 aromatic heterocycles. The molecule has 2 aliphatic rings. The third kappa shape index (κ3) is 4.96. The van der Waals surface area contributed by atoms with Gasteiger partial charge in [-0.3, -0.25) is 0 Å². The molecule has 0 unspecified atom stereocenters. The standard InChI is InChI=1S/C28H37N5O2/c1-20(2)31-13-10-21(11-14-31)24-19-22(7-8-27(24)35-3)30-28(34)33-17-15-32(16-18-33)26-6-4-5-25-23(26)9-12-29-25/h4-9,12,19-21,29H,10-11,13-18H2,1-3H3,(H,30,34). The van der Waals surface area contributed by atoms with Gasteiger partial charge in [-0.25, -0.2) is 4.79 Å². The van der Waals surface area contributed by atoms with Crippen LogP contribution in [0.2, 0.25) is 0 Å². The zero-order chi connectivity index (χ0) is 24.4. The molecule has 0 atom stereocenters. The summed E-state index contributed by atoms with van der Waals surface area (Å²) in [5.41, 5.74) is 4.43. The van der Waals surface area contributed by atoms with Crippen LogP contribution in [0.3, 0.4) is 0 Å². The summed E-state index contributed by atoms with van der Waals surface area (Å²) < 4.78 is 5.68. The number of ether oxygens (including phenoxy) is 1. The first kappa shape index (κ1) is 23.5. The molecule has 2 saturated heterocycles. The molecule has 3 aromatic rings. The van der Waals surface area contributed by atoms with Crippen molar-refractivity contribution in [2.24, 2.45) is 0 Å². The number of H-pyrrole nitrogens is 1. The van der Waals surface area contributed by atoms with E-state index in [1.165, 1.54) is 16.6 Å². The summed E-state index contributed by atoms with van der Waals surface area (Å²) in [6, 6.07) is 15.1. The number of carbonyl (C=O) groups excluding carboxylic acids is 1. The largest absolute Gasteiger partial charge is 0.496 e. The normalized spacial score (nSPS) is 17.8. The van der Waals surface area contributed by atoms with E-state index in [1.807, 2.05) is 23.2 Å². The quantitative estimate of drug-likeness (QED) is 0.538. The third-order valence-corrected chi connectivity index (χ3v) is 7.66. The van der Waals surface area contributed by atoms with Crippen molar-refractivity contribution in [3.8, 4) is 5.75 Å². The monoisotopic (exact) mass is 475 g/mol. The highest BCUT2D eigenvalue weighted by Crippen LogP contribution is 2.36. The third-order valence-electron chi connectivity index (χ3n) is 7.66. The first-order valence-electron chi connectivity index (χ1n) is 12.8. The van der Waals surface area contributed by atoms with Crippen LogP contribution in [0.15, 0.2) is 48.7 Å². The maximum absolute atomic E-state index is 13.1. The average Bonchev–Trinajstić information content (AvgIpc) is 3.38. The van der Waals surface area contributed by atoms with Crippen LogP contribution in [-0.4, -0.2) is 73.2 Å². The van der Waals surface area contributed by atoms with Crippen molar-refractivity contribution < 1.29 is 9.53 Å². The summed E-state index contributed by atoms with van der Waals surface area (Å²) in [6.07, 6.45) is 4.21. The van der Waals surface area contributed by atoms with Crippen molar-refractivity contribution in [2.75, 3.05) is 56.6 Å². The van der Waals surface area contributed by atoms with Gasteiger partial charge in [0.25, 0.3) is 0 Å². The Morgan fingerprint density at radius 3 is 2.51 bits per heavy atom. The molecule has 2 amide bonds. The number of rotatable bonds is 5. The molecule has 35 heavy (non-hydrogen) atoms. The number of nitrogens with one attached hydrogen (secondary N) is 2. The maximum atomic E-state index is 13.1. The predicted molar refractivity (Wildman–Crippen MR) is 143 cm³/mol. The molecule has 3 heterocycles. The second kappa shape index (κ2) is 10.2. The number of piperazine rings is 1. The number of aromatic nitrogens is 1. The van der Waals surface area contributed by atoms with Gasteiger partial charge in [0.1, 0.15) is 5.75 Å². The van der Waals surface area contributed by atoms with Gasteiger partial charge in [0.15, 0.2) is 0 Å². The number of fused-ring (bicyclic) bond motifs is 1. The summed E-state index contributed by atoms with van der Waals surface area (Å²) in [5.74, 6) is 1.37. The smallest absolute Gasteiger partial charge is 0.321 e. The Labute approximate surface area is 208 Å². The Morgan fingerprint density at radius 2 is 1.80 bits per heavy atom. The van der Waals surface area contributed by atoms with E-state index >= 15 is 0 Å². The molecule has 0 bridgehead atoms. The van der Waals surface area contributed by atoms with Crippen LogP contribution in [0.1, 0.15) is 38.2 Å². The highest BCUT2D eigenvalue weighted by molar-refractivity contribution is 5.93. The maximum Gasteiger partial charge on any atom is 0.321 e. The fourth-order valence-corrected chi connectivity index (χ4v) is 5.56. The van der Waals surface area contributed by atoms with E-state index < -0.39 is 0 Å². The number of piperidine rings is 1. The Balaban J connectivity index is 1.22. The van der Waals surface area contributed by atoms with Crippen LogP contribution in [0.4, 0.5) is 16.2 Å². The van der Waals surface area contributed by atoms with Crippen molar-refractivity contribution >= 4 is 28.3 Å². The number of amides is 2. The van der Waals surface area contributed by atoms with E-state index in [0.717, 1.165) is 56.0 Å². The van der Waals surface area contributed by atoms with Gasteiger partial charge in [0.05, 0.1) is 7.11 Å². The summed E-state index contributed by atoms with van der Waals surface area (Å²) in [6.45, 7) is 9.76. The highest BCUT2D eigenvalue weighted by atomic mass is 16.5. The van der Waals surface area contributed by atoms with Gasteiger partial charge in [-0.2, -0.15) is 0 Å². The summed E-state index contributed by atoms with van der Waals surface area (Å²) in [4.78, 5) is 23.2. The second-order valence-electron chi connectivity index (χ2n) is 9.98. The first-order chi connectivity index (χ1) is 17.0. The molecule has 2 aromatic carbocycles. The zero-order valence-corrected chi connectivity index (χ0v) is 21.1. The molecule has 0 spiro atoms. The van der Waals surface area contributed by atoms with E-state index in [1.54, 1.807) is 7.11 Å². The van der Waals surface area contributed by atoms with Crippen LogP contribution in [0.25, 0.3) is 10.9 Å². The molecule has 5 rings (SSSR count). The fraction of sp³-hybridized carbons (Fsp3) is 0.464. The first-order valence-corrected chi connectivity index (χ1v) is 12.8. The number of hydrogen-bond acceptors (Lipinski definition) is 4. The number of anilines is 2. The molecule has 2 fully saturated rings. The van der Waals surface area contributed by atoms with Gasteiger partial charge < -0.3 is 29.7 Å². The summed E-state index contributed by atoms with van der Waals surface area (Å²) >= 11 is 0. The van der Waals surface area contributed by atoms with Crippen molar-refractivity contribution in [1.82, 2.24) is 14.8 Å². The molecule has 0 saturated carbocycles. The number of likely N-dealkylation sites (tertiary alicyclic amines) is 1. The van der Waals surface area contributed by atoms with Crippen LogP contribution in [-0.2, 0) is 0 Å². The average molecular weight is 476 g/mol. The minimum absolute atomic E-state index is 0.0322. The van der Waals surface area contributed by atoms with Crippen molar-refractivity contribution in [1.29, 1.82) is 0 Å².